The van der Waals surface area contributed by atoms with Crippen LogP contribution in [0.4, 0.5) is 11.5 Å². The molecule has 0 atom stereocenters. The summed E-state index contributed by atoms with van der Waals surface area (Å²) in [5.74, 6) is -0.265. The smallest absolute Gasteiger partial charge is 0.330 e. The molecule has 0 radical (unpaired) electrons. The van der Waals surface area contributed by atoms with Gasteiger partial charge in [-0.2, -0.15) is 0 Å². The lowest BCUT2D eigenvalue weighted by Crippen LogP contribution is -2.44. The van der Waals surface area contributed by atoms with Crippen LogP contribution in [0.2, 0.25) is 5.02 Å². The molecule has 1 heterocycles. The fourth-order valence-electron chi connectivity index (χ4n) is 2.70. The summed E-state index contributed by atoms with van der Waals surface area (Å²) in [5.41, 5.74) is 4.65. The van der Waals surface area contributed by atoms with Crippen molar-refractivity contribution in [2.75, 3.05) is 37.5 Å². The third-order valence-corrected chi connectivity index (χ3v) is 4.54. The first kappa shape index (κ1) is 22.5. The van der Waals surface area contributed by atoms with Crippen LogP contribution in [-0.2, 0) is 16.1 Å². The van der Waals surface area contributed by atoms with E-state index in [9.17, 15) is 14.4 Å². The van der Waals surface area contributed by atoms with Gasteiger partial charge in [0.1, 0.15) is 11.6 Å². The highest BCUT2D eigenvalue weighted by atomic mass is 35.5. The van der Waals surface area contributed by atoms with Crippen molar-refractivity contribution in [3.8, 4) is 5.75 Å². The summed E-state index contributed by atoms with van der Waals surface area (Å²) in [7, 11) is 1.47. The number of para-hydroxylation sites is 1. The van der Waals surface area contributed by atoms with Crippen molar-refractivity contribution in [3.63, 3.8) is 0 Å². The Bertz CT molecular complexity index is 956. The molecule has 0 fully saturated rings. The Hall–Kier alpha value is -2.78. The molecule has 2 rings (SSSR count). The number of hydrogen-bond donors (Lipinski definition) is 2. The number of nitrogens with two attached hydrogens (primary N) is 1. The zero-order valence-electron chi connectivity index (χ0n) is 16.4. The summed E-state index contributed by atoms with van der Waals surface area (Å²) in [6.07, 6.45) is 1.52. The van der Waals surface area contributed by atoms with Crippen LogP contribution in [0.1, 0.15) is 19.8 Å². The van der Waals surface area contributed by atoms with E-state index < -0.39 is 17.2 Å². The Morgan fingerprint density at radius 2 is 2.03 bits per heavy atom. The standard InChI is InChI=1S/C19H25ClN4O5/c1-3-4-9-24-17(21)16(18(26)22-19(24)27)23(10-11-28-2)15(25)12-29-14-8-6-5-7-13(14)20/h5-8H,3-4,9-12,21H2,1-2H3,(H,22,26,27). The second-order valence-corrected chi connectivity index (χ2v) is 6.66. The number of anilines is 2. The van der Waals surface area contributed by atoms with Gasteiger partial charge >= 0.3 is 5.69 Å². The monoisotopic (exact) mass is 424 g/mol. The maximum Gasteiger partial charge on any atom is 0.330 e. The van der Waals surface area contributed by atoms with E-state index in [-0.39, 0.29) is 31.3 Å². The number of nitrogen functional groups attached to an aromatic ring is 1. The minimum Gasteiger partial charge on any atom is -0.482 e. The zero-order valence-corrected chi connectivity index (χ0v) is 17.2. The number of methoxy groups -OCH3 is 1. The van der Waals surface area contributed by atoms with Crippen LogP contribution in [-0.4, -0.2) is 42.3 Å². The molecule has 0 unspecified atom stereocenters. The summed E-state index contributed by atoms with van der Waals surface area (Å²) in [5, 5.41) is 0.356. The third kappa shape index (κ3) is 5.61. The topological polar surface area (TPSA) is 120 Å². The van der Waals surface area contributed by atoms with Crippen LogP contribution in [0, 0.1) is 0 Å². The Morgan fingerprint density at radius 1 is 1.31 bits per heavy atom. The van der Waals surface area contributed by atoms with Crippen molar-refractivity contribution >= 4 is 29.0 Å². The maximum atomic E-state index is 12.9. The number of carbonyl (C=O) groups is 1. The molecule has 1 aromatic heterocycles. The van der Waals surface area contributed by atoms with E-state index in [1.807, 2.05) is 6.92 Å². The first-order valence-corrected chi connectivity index (χ1v) is 9.57. The van der Waals surface area contributed by atoms with Crippen molar-refractivity contribution in [1.29, 1.82) is 0 Å². The van der Waals surface area contributed by atoms with E-state index in [0.29, 0.717) is 23.7 Å². The van der Waals surface area contributed by atoms with Crippen molar-refractivity contribution in [2.24, 2.45) is 0 Å². The van der Waals surface area contributed by atoms with Gasteiger partial charge in [0.05, 0.1) is 11.6 Å². The molecule has 0 saturated carbocycles. The minimum absolute atomic E-state index is 0.0560. The van der Waals surface area contributed by atoms with Gasteiger partial charge in [0.15, 0.2) is 12.3 Å². The molecule has 3 N–H and O–H groups in total. The van der Waals surface area contributed by atoms with Gasteiger partial charge in [-0.05, 0) is 18.6 Å². The predicted molar refractivity (Wildman–Crippen MR) is 112 cm³/mol. The van der Waals surface area contributed by atoms with Gasteiger partial charge in [-0.15, -0.1) is 0 Å². The van der Waals surface area contributed by atoms with Crippen LogP contribution in [0.5, 0.6) is 5.75 Å². The lowest BCUT2D eigenvalue weighted by atomic mass is 10.3. The zero-order chi connectivity index (χ0) is 21.4. The highest BCUT2D eigenvalue weighted by Gasteiger charge is 2.24. The number of amides is 1. The fourth-order valence-corrected chi connectivity index (χ4v) is 2.89. The Labute approximate surface area is 173 Å². The molecule has 158 valence electrons. The molecule has 0 saturated heterocycles. The third-order valence-electron chi connectivity index (χ3n) is 4.23. The molecule has 10 heteroatoms. The van der Waals surface area contributed by atoms with Gasteiger partial charge in [0, 0.05) is 20.2 Å². The first-order chi connectivity index (χ1) is 13.9. The largest absolute Gasteiger partial charge is 0.482 e. The van der Waals surface area contributed by atoms with Gasteiger partial charge in [-0.3, -0.25) is 24.0 Å². The first-order valence-electron chi connectivity index (χ1n) is 9.19. The van der Waals surface area contributed by atoms with Crippen LogP contribution < -0.4 is 26.6 Å². The SMILES string of the molecule is CCCCn1c(N)c(N(CCOC)C(=O)COc2ccccc2Cl)c(=O)[nH]c1=O. The molecule has 0 aliphatic heterocycles. The molecule has 9 nitrogen and oxygen atoms in total. The number of halogens is 1. The van der Waals surface area contributed by atoms with Crippen LogP contribution in [0.3, 0.4) is 0 Å². The highest BCUT2D eigenvalue weighted by Crippen LogP contribution is 2.23. The normalized spacial score (nSPS) is 10.7. The number of nitrogens with zero attached hydrogens (tertiary/aromatic N) is 2. The summed E-state index contributed by atoms with van der Waals surface area (Å²) in [6, 6.07) is 6.72. The summed E-state index contributed by atoms with van der Waals surface area (Å²) >= 11 is 6.04. The number of aromatic amines is 1. The highest BCUT2D eigenvalue weighted by molar-refractivity contribution is 6.32. The summed E-state index contributed by atoms with van der Waals surface area (Å²) in [4.78, 5) is 40.9. The van der Waals surface area contributed by atoms with Crippen molar-refractivity contribution < 1.29 is 14.3 Å². The molecule has 1 amide bonds. The molecule has 29 heavy (non-hydrogen) atoms. The van der Waals surface area contributed by atoms with E-state index in [4.69, 9.17) is 26.8 Å². The second kappa shape index (κ2) is 10.7. The van der Waals surface area contributed by atoms with Crippen molar-refractivity contribution in [3.05, 3.63) is 50.1 Å². The number of unbranched alkanes of at least 4 members (excludes halogenated alkanes) is 1. The molecular formula is C19H25ClN4O5. The molecular weight excluding hydrogens is 400 g/mol. The van der Waals surface area contributed by atoms with Gasteiger partial charge < -0.3 is 15.2 Å². The molecule has 1 aromatic carbocycles. The van der Waals surface area contributed by atoms with Gasteiger partial charge in [-0.1, -0.05) is 37.1 Å². The number of nitrogens with one attached hydrogen (secondary N) is 1. The second-order valence-electron chi connectivity index (χ2n) is 6.26. The fraction of sp³-hybridized carbons (Fsp3) is 0.421. The number of hydrogen-bond acceptors (Lipinski definition) is 6. The number of H-pyrrole nitrogens is 1. The number of rotatable bonds is 10. The number of ether oxygens (including phenoxy) is 2. The molecule has 0 bridgehead atoms. The Morgan fingerprint density at radius 3 is 2.69 bits per heavy atom. The van der Waals surface area contributed by atoms with Gasteiger partial charge in [0.25, 0.3) is 11.5 Å². The van der Waals surface area contributed by atoms with Crippen molar-refractivity contribution in [1.82, 2.24) is 9.55 Å². The summed E-state index contributed by atoms with van der Waals surface area (Å²) in [6.45, 7) is 2.13. The van der Waals surface area contributed by atoms with Crippen LogP contribution in [0.15, 0.2) is 33.9 Å². The molecule has 0 spiro atoms. The Kier molecular flexibility index (Phi) is 8.29. The van der Waals surface area contributed by atoms with E-state index >= 15 is 0 Å². The number of carbonyl (C=O) groups excluding carboxylic acids is 1. The minimum atomic E-state index is -0.748. The molecule has 2 aromatic rings. The van der Waals surface area contributed by atoms with E-state index in [0.717, 1.165) is 11.3 Å². The van der Waals surface area contributed by atoms with Crippen LogP contribution >= 0.6 is 11.6 Å². The van der Waals surface area contributed by atoms with Gasteiger partial charge in [-0.25, -0.2) is 4.79 Å². The van der Waals surface area contributed by atoms with E-state index in [2.05, 4.69) is 4.98 Å². The van der Waals surface area contributed by atoms with Gasteiger partial charge in [0.2, 0.25) is 0 Å². The van der Waals surface area contributed by atoms with E-state index in [1.54, 1.807) is 24.3 Å². The molecule has 0 aliphatic rings. The van der Waals surface area contributed by atoms with E-state index in [1.165, 1.54) is 11.7 Å². The quantitative estimate of drug-likeness (QED) is 0.598. The predicted octanol–water partition coefficient (Wildman–Crippen LogP) is 1.63. The molecule has 0 aliphatic carbocycles. The Balaban J connectivity index is 2.36. The number of aromatic nitrogens is 2. The maximum absolute atomic E-state index is 12.9. The summed E-state index contributed by atoms with van der Waals surface area (Å²) < 4.78 is 11.8. The lowest BCUT2D eigenvalue weighted by molar-refractivity contribution is -0.120. The average Bonchev–Trinajstić information content (AvgIpc) is 2.69. The average molecular weight is 425 g/mol. The number of benzene rings is 1. The lowest BCUT2D eigenvalue weighted by Gasteiger charge is -2.24. The van der Waals surface area contributed by atoms with Crippen molar-refractivity contribution in [2.45, 2.75) is 26.3 Å². The van der Waals surface area contributed by atoms with Crippen LogP contribution in [0.25, 0.3) is 0 Å².